The molecule has 0 saturated heterocycles. The number of aromatic nitrogens is 5. The van der Waals surface area contributed by atoms with Gasteiger partial charge in [0.15, 0.2) is 5.78 Å². The van der Waals surface area contributed by atoms with Gasteiger partial charge in [-0.25, -0.2) is 9.78 Å². The average molecular weight is 2770 g/mol. The number of aliphatic hydroxyl groups is 2. The van der Waals surface area contributed by atoms with Gasteiger partial charge in [0, 0.05) is 198 Å². The van der Waals surface area contributed by atoms with Crippen LogP contribution in [-0.4, -0.2) is 98.3 Å². The third kappa shape index (κ3) is 42.6. The number of alkyl halides is 6. The Bertz CT molecular complexity index is 6290. The van der Waals surface area contributed by atoms with E-state index in [2.05, 4.69) is 137 Å². The second-order valence-electron chi connectivity index (χ2n) is 30.7. The predicted octanol–water partition coefficient (Wildman–Crippen LogP) is 28.1. The molecule has 149 heavy (non-hydrogen) atoms. The van der Waals surface area contributed by atoms with Crippen molar-refractivity contribution in [3.05, 3.63) is 465 Å². The third-order valence-corrected chi connectivity index (χ3v) is 21.3. The van der Waals surface area contributed by atoms with E-state index in [4.69, 9.17) is 43.7 Å². The third-order valence-electron chi connectivity index (χ3n) is 19.3. The quantitative estimate of drug-likeness (QED) is 0.00920. The molecule has 0 aliphatic carbocycles. The maximum absolute atomic E-state index is 11.4. The molecule has 0 unspecified atom stereocenters. The standard InChI is InChI=1S/3C25H21N2O2.C25H21N2S2.C6H5NO2.C5H2F6O2.C5H8O2.4Pt/c4*1-26-18-19-14-15-27-24(16-19)23-13-12-22(28-20-8-4-2-5-9-20)17-25(23)29-21-10-6-3-7-11-21;8-6(9)5-3-1-2-4-7-5;6-4(7,8)2(12)1-3(13)5(9,10)11;1-4(6)3-5(2)7;;;;/h4*2-12,14-17,26H,18H2,1H3;1-4H,(H,8,9);1,12H;3,6H,1-2H3;;;;/q4*-1;;;;;;;. The molecule has 0 atom stereocenters. The summed E-state index contributed by atoms with van der Waals surface area (Å²) in [7, 11) is 7.72. The number of carbonyl (C=O) groups excluding carboxylic acids is 2. The van der Waals surface area contributed by atoms with Crippen LogP contribution in [-0.2, 0) is 120 Å². The number of ether oxygens (including phenoxy) is 6. The van der Waals surface area contributed by atoms with Crippen molar-refractivity contribution in [3.63, 3.8) is 0 Å². The van der Waals surface area contributed by atoms with Crippen molar-refractivity contribution >= 4 is 41.1 Å². The van der Waals surface area contributed by atoms with Crippen LogP contribution in [0.5, 0.6) is 69.0 Å². The summed E-state index contributed by atoms with van der Waals surface area (Å²) in [6.45, 7) is 5.96. The van der Waals surface area contributed by atoms with Gasteiger partial charge in [-0.2, -0.15) is 26.3 Å². The van der Waals surface area contributed by atoms with Crippen LogP contribution in [0.25, 0.3) is 45.0 Å². The van der Waals surface area contributed by atoms with E-state index in [1.807, 2.05) is 307 Å². The van der Waals surface area contributed by atoms with Gasteiger partial charge >= 0.3 is 18.3 Å². The number of carbonyl (C=O) groups is 3. The minimum atomic E-state index is -5.42. The maximum Gasteiger partial charge on any atom is 0.454 e. The number of allylic oxidation sites excluding steroid dienone is 4. The van der Waals surface area contributed by atoms with E-state index >= 15 is 0 Å². The molecule has 0 bridgehead atoms. The minimum absolute atomic E-state index is 0. The molecule has 7 N–H and O–H groups in total. The van der Waals surface area contributed by atoms with Gasteiger partial charge in [-0.15, -0.1) is 83.7 Å². The van der Waals surface area contributed by atoms with E-state index in [-0.39, 0.29) is 101 Å². The fourth-order valence-corrected chi connectivity index (χ4v) is 14.9. The first kappa shape index (κ1) is 122. The summed E-state index contributed by atoms with van der Waals surface area (Å²) in [4.78, 5) is 56.6. The molecule has 0 fully saturated rings. The first-order chi connectivity index (χ1) is 70.2. The summed E-state index contributed by atoms with van der Waals surface area (Å²) >= 11 is 3.51. The number of nitrogens with zero attached hydrogens (tertiary/aromatic N) is 5. The van der Waals surface area contributed by atoms with Crippen LogP contribution >= 0.6 is 23.5 Å². The zero-order valence-electron chi connectivity index (χ0n) is 80.5. The Morgan fingerprint density at radius 2 is 0.604 bits per heavy atom. The Labute approximate surface area is 927 Å². The van der Waals surface area contributed by atoms with E-state index in [1.54, 1.807) is 54.2 Å². The Balaban J connectivity index is 0.000000244. The van der Waals surface area contributed by atoms with Gasteiger partial charge in [0.05, 0.1) is 5.76 Å². The second-order valence-corrected chi connectivity index (χ2v) is 33.0. The first-order valence-corrected chi connectivity index (χ1v) is 46.4. The molecule has 0 radical (unpaired) electrons. The molecule has 12 aromatic carbocycles. The zero-order chi connectivity index (χ0) is 103. The largest absolute Gasteiger partial charge is 0.512 e. The van der Waals surface area contributed by atoms with E-state index in [0.29, 0.717) is 34.5 Å². The number of rotatable bonds is 31. The molecule has 778 valence electrons. The van der Waals surface area contributed by atoms with E-state index in [0.717, 1.165) is 127 Å². The van der Waals surface area contributed by atoms with Crippen LogP contribution in [0.2, 0.25) is 0 Å². The number of pyridine rings is 5. The molecular formula is C116H99F6N9O12Pt4S2-4. The molecule has 0 amide bonds. The average Bonchev–Trinajstić information content (AvgIpc) is 0.818. The van der Waals surface area contributed by atoms with Crippen LogP contribution in [0.3, 0.4) is 0 Å². The predicted molar refractivity (Wildman–Crippen MR) is 551 cm³/mol. The molecule has 33 heteroatoms. The number of hydrogen-bond acceptors (Lipinski definition) is 22. The molecule has 0 spiro atoms. The number of halogens is 6. The van der Waals surface area contributed by atoms with Gasteiger partial charge in [-0.1, -0.05) is 221 Å². The van der Waals surface area contributed by atoms with Crippen molar-refractivity contribution < 1.29 is 169 Å². The van der Waals surface area contributed by atoms with Crippen LogP contribution in [0.1, 0.15) is 46.6 Å². The van der Waals surface area contributed by atoms with Crippen molar-refractivity contribution in [2.75, 3.05) is 28.2 Å². The monoisotopic (exact) mass is 2770 g/mol. The normalized spacial score (nSPS) is 10.6. The van der Waals surface area contributed by atoms with Gasteiger partial charge in [0.2, 0.25) is 5.76 Å². The number of para-hydroxylation sites is 6. The number of carboxylic acid groups (broad SMARTS) is 1. The molecule has 5 heterocycles. The summed E-state index contributed by atoms with van der Waals surface area (Å²) in [5.74, 6) is 1.97. The van der Waals surface area contributed by atoms with Gasteiger partial charge in [-0.05, 0) is 221 Å². The Morgan fingerprint density at radius 3 is 0.866 bits per heavy atom. The number of hydrogen-bond donors (Lipinski definition) is 7. The van der Waals surface area contributed by atoms with Crippen LogP contribution in [0.4, 0.5) is 26.3 Å². The second kappa shape index (κ2) is 64.9. The molecule has 21 nitrogen and oxygen atoms in total. The van der Waals surface area contributed by atoms with E-state index in [1.165, 1.54) is 52.4 Å². The van der Waals surface area contributed by atoms with Crippen molar-refractivity contribution in [1.29, 1.82) is 0 Å². The smallest absolute Gasteiger partial charge is 0.454 e. The zero-order valence-corrected chi connectivity index (χ0v) is 91.3. The van der Waals surface area contributed by atoms with Crippen molar-refractivity contribution in [2.24, 2.45) is 0 Å². The number of benzene rings is 12. The Morgan fingerprint density at radius 1 is 0.315 bits per heavy atom. The van der Waals surface area contributed by atoms with Crippen LogP contribution < -0.4 is 49.7 Å². The van der Waals surface area contributed by atoms with Crippen molar-refractivity contribution in [3.8, 4) is 114 Å². The SMILES string of the molecule is CC(=O)C=C(C)O.CNCc1ccnc(-c2[c-]cc(Oc3ccccc3)cc2Oc2ccccc2)c1.CNCc1ccnc(-c2[c-]cc(Oc3ccccc3)cc2Oc2ccccc2)c1.CNCc1ccnc(-c2[c-]cc(Oc3ccccc3)cc2Oc2ccccc2)c1.CNCc1ccnc(-c2[c-]cc(Sc3ccccc3)cc2Sc2ccccc2)c1.O=C(C=C(O)C(F)(F)F)C(F)(F)F.O=C(O)c1ccccn1.[Pt].[Pt].[Pt].[Pt]. The first-order valence-electron chi connectivity index (χ1n) is 44.8. The molecule has 5 aromatic heterocycles. The number of carboxylic acids is 1. The summed E-state index contributed by atoms with van der Waals surface area (Å²) in [6.07, 6.45) is -1.79. The Kier molecular flexibility index (Phi) is 53.1. The van der Waals surface area contributed by atoms with Gasteiger partial charge in [-0.3, -0.25) is 9.59 Å². The van der Waals surface area contributed by atoms with Gasteiger partial charge in [0.1, 0.15) is 40.2 Å². The molecular weight excluding hydrogens is 2670 g/mol. The summed E-state index contributed by atoms with van der Waals surface area (Å²) in [5.41, 5.74) is 11.5. The topological polar surface area (TPSA) is 280 Å². The Hall–Kier alpha value is -14.0. The van der Waals surface area contributed by atoms with Crippen molar-refractivity contribution in [2.45, 2.75) is 72.0 Å². The minimum Gasteiger partial charge on any atom is -0.512 e. The maximum atomic E-state index is 11.4. The summed E-state index contributed by atoms with van der Waals surface area (Å²) in [6, 6.07) is 129. The van der Waals surface area contributed by atoms with Crippen LogP contribution in [0, 0.1) is 24.3 Å². The van der Waals surface area contributed by atoms with Gasteiger partial charge < -0.3 is 84.9 Å². The van der Waals surface area contributed by atoms with E-state index < -0.39 is 35.9 Å². The molecule has 0 saturated carbocycles. The van der Waals surface area contributed by atoms with Crippen molar-refractivity contribution in [1.82, 2.24) is 46.2 Å². The molecule has 0 aliphatic rings. The van der Waals surface area contributed by atoms with E-state index in [9.17, 15) is 40.7 Å². The number of aliphatic hydroxyl groups excluding tert-OH is 2. The summed E-state index contributed by atoms with van der Waals surface area (Å²) < 4.78 is 104. The number of ketones is 2. The molecule has 17 rings (SSSR count). The number of aromatic carboxylic acids is 1. The fraction of sp³-hybridized carbons (Fsp3) is 0.103. The van der Waals surface area contributed by atoms with Crippen LogP contribution in [0.15, 0.2) is 432 Å². The number of nitrogens with one attached hydrogen (secondary N) is 4. The van der Waals surface area contributed by atoms with Gasteiger partial charge in [0.25, 0.3) is 5.78 Å². The molecule has 0 aliphatic heterocycles. The fourth-order valence-electron chi connectivity index (χ4n) is 12.9. The summed E-state index contributed by atoms with van der Waals surface area (Å²) in [5, 5.41) is 37.3. The molecule has 17 aromatic rings.